The van der Waals surface area contributed by atoms with Gasteiger partial charge in [0.2, 0.25) is 0 Å². The van der Waals surface area contributed by atoms with Crippen LogP contribution in [0.2, 0.25) is 0 Å². The summed E-state index contributed by atoms with van der Waals surface area (Å²) in [5.41, 5.74) is 12.2. The molecule has 4 heterocycles. The van der Waals surface area contributed by atoms with E-state index in [2.05, 4.69) is 148 Å². The highest BCUT2D eigenvalue weighted by molar-refractivity contribution is 6.29. The van der Waals surface area contributed by atoms with Crippen molar-refractivity contribution < 1.29 is 0 Å². The minimum absolute atomic E-state index is 0.634. The monoisotopic (exact) mass is 763 g/mol. The van der Waals surface area contributed by atoms with Crippen molar-refractivity contribution in [3.63, 3.8) is 0 Å². The van der Waals surface area contributed by atoms with E-state index in [9.17, 15) is 0 Å². The predicted molar refractivity (Wildman–Crippen MR) is 249 cm³/mol. The molecular weight excluding hydrogens is 731 g/mol. The van der Waals surface area contributed by atoms with Gasteiger partial charge in [-0.15, -0.1) is 0 Å². The smallest absolute Gasteiger partial charge is 0.164 e. The molecule has 5 heteroatoms. The molecule has 0 aliphatic heterocycles. The molecule has 0 radical (unpaired) electrons. The van der Waals surface area contributed by atoms with Crippen LogP contribution in [0.3, 0.4) is 0 Å². The first kappa shape index (κ1) is 32.9. The van der Waals surface area contributed by atoms with Crippen molar-refractivity contribution in [2.75, 3.05) is 0 Å². The van der Waals surface area contributed by atoms with Crippen LogP contribution in [0.4, 0.5) is 0 Å². The zero-order valence-electron chi connectivity index (χ0n) is 32.3. The van der Waals surface area contributed by atoms with Gasteiger partial charge >= 0.3 is 0 Å². The summed E-state index contributed by atoms with van der Waals surface area (Å²) in [6.45, 7) is 0. The molecule has 278 valence electrons. The standard InChI is InChI=1S/C55H33N5/c1-3-15-35(16-4-1)53-56-54(36-17-5-2-6-18-36)58-55(57-53)39-20-13-19-37(32-39)38-27-30-48-45(33-38)42-23-10-12-25-47(42)60-49-31-26-34-14-7-8-21-40(34)50(49)44-29-28-43-41-22-9-11-24-46(41)59(48)51(43)52(44)60/h1-33H. The third-order valence-electron chi connectivity index (χ3n) is 12.3. The van der Waals surface area contributed by atoms with E-state index in [0.29, 0.717) is 17.5 Å². The summed E-state index contributed by atoms with van der Waals surface area (Å²) in [4.78, 5) is 15.0. The molecule has 0 saturated heterocycles. The van der Waals surface area contributed by atoms with E-state index in [0.717, 1.165) is 38.9 Å². The molecule has 60 heavy (non-hydrogen) atoms. The Morgan fingerprint density at radius 1 is 0.267 bits per heavy atom. The minimum Gasteiger partial charge on any atom is -0.307 e. The molecule has 0 bridgehead atoms. The largest absolute Gasteiger partial charge is 0.307 e. The van der Waals surface area contributed by atoms with Crippen LogP contribution in [-0.2, 0) is 0 Å². The summed E-state index contributed by atoms with van der Waals surface area (Å²) in [7, 11) is 0. The van der Waals surface area contributed by atoms with Gasteiger partial charge in [-0.1, -0.05) is 164 Å². The number of benzene rings is 9. The summed E-state index contributed by atoms with van der Waals surface area (Å²) in [5, 5.41) is 9.88. The predicted octanol–water partition coefficient (Wildman–Crippen LogP) is 14.0. The molecule has 13 aromatic rings. The van der Waals surface area contributed by atoms with E-state index >= 15 is 0 Å². The van der Waals surface area contributed by atoms with Crippen LogP contribution in [0.5, 0.6) is 0 Å². The zero-order valence-corrected chi connectivity index (χ0v) is 32.3. The molecule has 0 spiro atoms. The van der Waals surface area contributed by atoms with Gasteiger partial charge in [0.05, 0.1) is 33.1 Å². The molecule has 0 saturated carbocycles. The number of aromatic nitrogens is 5. The molecule has 5 nitrogen and oxygen atoms in total. The van der Waals surface area contributed by atoms with Crippen molar-refractivity contribution in [1.29, 1.82) is 0 Å². The maximum absolute atomic E-state index is 5.05. The fourth-order valence-electron chi connectivity index (χ4n) is 9.62. The van der Waals surface area contributed by atoms with Crippen LogP contribution < -0.4 is 0 Å². The summed E-state index contributed by atoms with van der Waals surface area (Å²) in [6, 6.07) is 71.6. The maximum Gasteiger partial charge on any atom is 0.164 e. The lowest BCUT2D eigenvalue weighted by molar-refractivity contribution is 1.07. The molecular formula is C55H33N5. The van der Waals surface area contributed by atoms with E-state index in [1.807, 2.05) is 60.7 Å². The molecule has 9 aromatic carbocycles. The number of para-hydroxylation sites is 2. The van der Waals surface area contributed by atoms with Crippen molar-refractivity contribution in [3.8, 4) is 45.3 Å². The second-order valence-corrected chi connectivity index (χ2v) is 15.6. The topological polar surface area (TPSA) is 47.5 Å². The zero-order chi connectivity index (χ0) is 39.3. The van der Waals surface area contributed by atoms with E-state index < -0.39 is 0 Å². The third kappa shape index (κ3) is 4.77. The third-order valence-corrected chi connectivity index (χ3v) is 12.3. The molecule has 4 aromatic heterocycles. The fraction of sp³-hybridized carbons (Fsp3) is 0. The highest BCUT2D eigenvalue weighted by Gasteiger charge is 2.22. The van der Waals surface area contributed by atoms with Gasteiger partial charge in [0.15, 0.2) is 17.5 Å². The number of rotatable bonds is 4. The molecule has 0 aliphatic rings. The Hall–Kier alpha value is -8.15. The summed E-state index contributed by atoms with van der Waals surface area (Å²) in [5.74, 6) is 1.93. The average molecular weight is 764 g/mol. The quantitative estimate of drug-likeness (QED) is 0.179. The van der Waals surface area contributed by atoms with Crippen molar-refractivity contribution in [2.45, 2.75) is 0 Å². The van der Waals surface area contributed by atoms with Crippen LogP contribution in [0.1, 0.15) is 0 Å². The molecule has 13 rings (SSSR count). The second-order valence-electron chi connectivity index (χ2n) is 15.6. The Balaban J connectivity index is 1.11. The minimum atomic E-state index is 0.634. The van der Waals surface area contributed by atoms with Gasteiger partial charge in [0.1, 0.15) is 0 Å². The first-order chi connectivity index (χ1) is 29.8. The van der Waals surface area contributed by atoms with Crippen LogP contribution in [0.15, 0.2) is 200 Å². The van der Waals surface area contributed by atoms with Crippen molar-refractivity contribution >= 4 is 76.2 Å². The molecule has 0 amide bonds. The van der Waals surface area contributed by atoms with E-state index in [1.54, 1.807) is 0 Å². The Labute approximate surface area is 344 Å². The highest BCUT2D eigenvalue weighted by Crippen LogP contribution is 2.44. The number of hydrogen-bond acceptors (Lipinski definition) is 3. The molecule has 0 unspecified atom stereocenters. The first-order valence-corrected chi connectivity index (χ1v) is 20.4. The molecule has 0 N–H and O–H groups in total. The first-order valence-electron chi connectivity index (χ1n) is 20.4. The Kier molecular flexibility index (Phi) is 6.95. The van der Waals surface area contributed by atoms with Crippen LogP contribution in [0, 0.1) is 0 Å². The van der Waals surface area contributed by atoms with E-state index in [-0.39, 0.29) is 0 Å². The Morgan fingerprint density at radius 3 is 1.47 bits per heavy atom. The number of fused-ring (bicyclic) bond motifs is 13. The average Bonchev–Trinajstić information content (AvgIpc) is 3.84. The SMILES string of the molecule is c1ccc(-c2nc(-c3ccccc3)nc(-c3cccc(-c4ccc5c(c4)c4ccccc4n4c6ccc7ccccc7c6c6ccc7c8ccccc8n5c7c64)c3)n2)cc1. The Morgan fingerprint density at radius 2 is 0.750 bits per heavy atom. The van der Waals surface area contributed by atoms with E-state index in [4.69, 9.17) is 15.0 Å². The van der Waals surface area contributed by atoms with Gasteiger partial charge in [-0.2, -0.15) is 0 Å². The van der Waals surface area contributed by atoms with Crippen LogP contribution in [0.25, 0.3) is 121 Å². The van der Waals surface area contributed by atoms with Gasteiger partial charge in [-0.3, -0.25) is 0 Å². The van der Waals surface area contributed by atoms with Gasteiger partial charge < -0.3 is 8.80 Å². The molecule has 0 atom stereocenters. The van der Waals surface area contributed by atoms with Crippen molar-refractivity contribution in [2.24, 2.45) is 0 Å². The van der Waals surface area contributed by atoms with Crippen LogP contribution in [-0.4, -0.2) is 23.8 Å². The van der Waals surface area contributed by atoms with Crippen molar-refractivity contribution in [1.82, 2.24) is 23.8 Å². The summed E-state index contributed by atoms with van der Waals surface area (Å²) in [6.07, 6.45) is 0. The van der Waals surface area contributed by atoms with Gasteiger partial charge in [-0.05, 0) is 58.3 Å². The number of nitrogens with zero attached hydrogens (tertiary/aromatic N) is 5. The van der Waals surface area contributed by atoms with Crippen LogP contribution >= 0.6 is 0 Å². The van der Waals surface area contributed by atoms with Gasteiger partial charge in [-0.25, -0.2) is 15.0 Å². The fourth-order valence-corrected chi connectivity index (χ4v) is 9.62. The molecule has 0 fully saturated rings. The summed E-state index contributed by atoms with van der Waals surface area (Å²) < 4.78 is 5.03. The lowest BCUT2D eigenvalue weighted by atomic mass is 9.99. The number of hydrogen-bond donors (Lipinski definition) is 0. The van der Waals surface area contributed by atoms with Gasteiger partial charge in [0.25, 0.3) is 0 Å². The normalized spacial score (nSPS) is 12.0. The lowest BCUT2D eigenvalue weighted by Gasteiger charge is -2.13. The van der Waals surface area contributed by atoms with E-state index in [1.165, 1.54) is 65.2 Å². The second kappa shape index (κ2) is 12.7. The highest BCUT2D eigenvalue weighted by atomic mass is 15.0. The Bertz CT molecular complexity index is 3820. The summed E-state index contributed by atoms with van der Waals surface area (Å²) >= 11 is 0. The van der Waals surface area contributed by atoms with Gasteiger partial charge in [0, 0.05) is 49.0 Å². The lowest BCUT2D eigenvalue weighted by Crippen LogP contribution is -2.00. The maximum atomic E-state index is 5.05. The molecule has 0 aliphatic carbocycles. The van der Waals surface area contributed by atoms with Crippen molar-refractivity contribution in [3.05, 3.63) is 200 Å².